The van der Waals surface area contributed by atoms with Gasteiger partial charge in [0.1, 0.15) is 0 Å². The summed E-state index contributed by atoms with van der Waals surface area (Å²) in [6.45, 7) is 2.01. The molecule has 1 atom stereocenters. The van der Waals surface area contributed by atoms with E-state index in [4.69, 9.17) is 0 Å². The highest BCUT2D eigenvalue weighted by atomic mass is 32.1. The number of aromatic nitrogens is 1. The van der Waals surface area contributed by atoms with Gasteiger partial charge in [0.15, 0.2) is 0 Å². The van der Waals surface area contributed by atoms with Crippen LogP contribution in [-0.4, -0.2) is 10.9 Å². The van der Waals surface area contributed by atoms with Gasteiger partial charge in [-0.25, -0.2) is 0 Å². The van der Waals surface area contributed by atoms with Crippen molar-refractivity contribution in [3.05, 3.63) is 51.5 Å². The van der Waals surface area contributed by atoms with Gasteiger partial charge in [-0.05, 0) is 61.9 Å². The average molecular weight is 314 g/mol. The van der Waals surface area contributed by atoms with E-state index in [1.807, 2.05) is 19.1 Å². The SMILES string of the molecule is C[C@@H](NC(=O)c1cc2c(s1)CCCCCC2)c1ccncc1. The number of nitrogens with one attached hydrogen (secondary N) is 1. The third kappa shape index (κ3) is 3.55. The van der Waals surface area contributed by atoms with Crippen molar-refractivity contribution in [2.24, 2.45) is 0 Å². The normalized spacial score (nSPS) is 16.2. The van der Waals surface area contributed by atoms with E-state index >= 15 is 0 Å². The van der Waals surface area contributed by atoms with Gasteiger partial charge in [0.05, 0.1) is 10.9 Å². The van der Waals surface area contributed by atoms with Gasteiger partial charge in [-0.1, -0.05) is 12.8 Å². The van der Waals surface area contributed by atoms with Crippen molar-refractivity contribution in [2.75, 3.05) is 0 Å². The molecule has 0 radical (unpaired) electrons. The Labute approximate surface area is 135 Å². The van der Waals surface area contributed by atoms with E-state index in [9.17, 15) is 4.79 Å². The molecule has 1 aliphatic carbocycles. The number of fused-ring (bicyclic) bond motifs is 1. The lowest BCUT2D eigenvalue weighted by molar-refractivity contribution is 0.0944. The van der Waals surface area contributed by atoms with E-state index in [-0.39, 0.29) is 11.9 Å². The summed E-state index contributed by atoms with van der Waals surface area (Å²) in [6, 6.07) is 6.00. The molecule has 0 fully saturated rings. The highest BCUT2D eigenvalue weighted by Crippen LogP contribution is 2.28. The minimum Gasteiger partial charge on any atom is -0.345 e. The number of rotatable bonds is 3. The first-order valence-corrected chi connectivity index (χ1v) is 8.88. The molecule has 0 aliphatic heterocycles. The molecule has 2 heterocycles. The number of aryl methyl sites for hydroxylation is 2. The molecular formula is C18H22N2OS. The summed E-state index contributed by atoms with van der Waals surface area (Å²) in [5.74, 6) is 0.0426. The van der Waals surface area contributed by atoms with Gasteiger partial charge in [-0.2, -0.15) is 0 Å². The van der Waals surface area contributed by atoms with E-state index < -0.39 is 0 Å². The Morgan fingerprint density at radius 2 is 1.91 bits per heavy atom. The van der Waals surface area contributed by atoms with Crippen molar-refractivity contribution in [1.82, 2.24) is 10.3 Å². The molecule has 2 aromatic rings. The van der Waals surface area contributed by atoms with Crippen LogP contribution in [0.5, 0.6) is 0 Å². The number of thiophene rings is 1. The fraction of sp³-hybridized carbons (Fsp3) is 0.444. The Kier molecular flexibility index (Phi) is 4.88. The molecule has 0 bridgehead atoms. The van der Waals surface area contributed by atoms with Crippen molar-refractivity contribution in [3.8, 4) is 0 Å². The van der Waals surface area contributed by atoms with Crippen LogP contribution in [0.4, 0.5) is 0 Å². The minimum absolute atomic E-state index is 0.000170. The minimum atomic E-state index is 0.000170. The van der Waals surface area contributed by atoms with E-state index in [1.165, 1.54) is 36.1 Å². The summed E-state index contributed by atoms with van der Waals surface area (Å²) in [6.07, 6.45) is 10.9. The smallest absolute Gasteiger partial charge is 0.261 e. The standard InChI is InChI=1S/C18H22N2OS/c1-13(14-8-10-19-11-9-14)20-18(21)17-12-15-6-4-2-3-5-7-16(15)22-17/h8-13H,2-7H2,1H3,(H,20,21)/t13-/m1/s1. The maximum Gasteiger partial charge on any atom is 0.261 e. The molecule has 22 heavy (non-hydrogen) atoms. The van der Waals surface area contributed by atoms with Crippen LogP contribution in [0.1, 0.15) is 64.3 Å². The Bertz CT molecular complexity index is 610. The zero-order chi connectivity index (χ0) is 15.4. The van der Waals surface area contributed by atoms with Gasteiger partial charge in [-0.3, -0.25) is 9.78 Å². The second-order valence-electron chi connectivity index (χ2n) is 5.95. The predicted molar refractivity (Wildman–Crippen MR) is 90.3 cm³/mol. The fourth-order valence-electron chi connectivity index (χ4n) is 2.96. The molecule has 1 aliphatic rings. The second kappa shape index (κ2) is 7.05. The third-order valence-corrected chi connectivity index (χ3v) is 5.51. The summed E-state index contributed by atoms with van der Waals surface area (Å²) in [5.41, 5.74) is 2.48. The molecule has 3 nitrogen and oxygen atoms in total. The molecule has 116 valence electrons. The van der Waals surface area contributed by atoms with Crippen molar-refractivity contribution < 1.29 is 4.79 Å². The second-order valence-corrected chi connectivity index (χ2v) is 7.09. The molecule has 3 rings (SSSR count). The number of hydrogen-bond acceptors (Lipinski definition) is 3. The lowest BCUT2D eigenvalue weighted by Crippen LogP contribution is -2.25. The van der Waals surface area contributed by atoms with Crippen LogP contribution in [0, 0.1) is 0 Å². The molecule has 0 saturated carbocycles. The van der Waals surface area contributed by atoms with Crippen LogP contribution < -0.4 is 5.32 Å². The number of nitrogens with zero attached hydrogens (tertiary/aromatic N) is 1. The Morgan fingerprint density at radius 3 is 2.68 bits per heavy atom. The van der Waals surface area contributed by atoms with Crippen molar-refractivity contribution in [3.63, 3.8) is 0 Å². The van der Waals surface area contributed by atoms with E-state index in [0.717, 1.165) is 23.3 Å². The molecule has 1 N–H and O–H groups in total. The topological polar surface area (TPSA) is 42.0 Å². The fourth-order valence-corrected chi connectivity index (χ4v) is 4.12. The van der Waals surface area contributed by atoms with E-state index in [1.54, 1.807) is 23.7 Å². The molecule has 4 heteroatoms. The zero-order valence-electron chi connectivity index (χ0n) is 13.0. The first-order chi connectivity index (χ1) is 10.7. The predicted octanol–water partition coefficient (Wildman–Crippen LogP) is 4.29. The quantitative estimate of drug-likeness (QED) is 0.918. The maximum atomic E-state index is 12.5. The molecule has 0 unspecified atom stereocenters. The van der Waals surface area contributed by atoms with Gasteiger partial charge < -0.3 is 5.32 Å². The van der Waals surface area contributed by atoms with Crippen molar-refractivity contribution in [2.45, 2.75) is 51.5 Å². The van der Waals surface area contributed by atoms with Gasteiger partial charge in [0.2, 0.25) is 0 Å². The average Bonchev–Trinajstić information content (AvgIpc) is 2.90. The zero-order valence-corrected chi connectivity index (χ0v) is 13.8. The largest absolute Gasteiger partial charge is 0.345 e. The highest BCUT2D eigenvalue weighted by molar-refractivity contribution is 7.14. The molecule has 0 saturated heterocycles. The summed E-state index contributed by atoms with van der Waals surface area (Å²) in [4.78, 5) is 18.8. The maximum absolute atomic E-state index is 12.5. The van der Waals surface area contributed by atoms with Gasteiger partial charge in [-0.15, -0.1) is 11.3 Å². The number of carbonyl (C=O) groups is 1. The number of carbonyl (C=O) groups excluding carboxylic acids is 1. The Balaban J connectivity index is 1.71. The van der Waals surface area contributed by atoms with Crippen molar-refractivity contribution >= 4 is 17.2 Å². The molecular weight excluding hydrogens is 292 g/mol. The van der Waals surface area contributed by atoms with Gasteiger partial charge in [0.25, 0.3) is 5.91 Å². The molecule has 1 amide bonds. The van der Waals surface area contributed by atoms with Crippen LogP contribution in [0.15, 0.2) is 30.6 Å². The summed E-state index contributed by atoms with van der Waals surface area (Å²) >= 11 is 1.68. The van der Waals surface area contributed by atoms with Crippen LogP contribution in [0.25, 0.3) is 0 Å². The first kappa shape index (κ1) is 15.2. The number of hydrogen-bond donors (Lipinski definition) is 1. The highest BCUT2D eigenvalue weighted by Gasteiger charge is 2.17. The third-order valence-electron chi connectivity index (χ3n) is 4.27. The van der Waals surface area contributed by atoms with Crippen molar-refractivity contribution in [1.29, 1.82) is 0 Å². The monoisotopic (exact) mass is 314 g/mol. The lowest BCUT2D eigenvalue weighted by atomic mass is 10.00. The van der Waals surface area contributed by atoms with Crippen LogP contribution in [0.3, 0.4) is 0 Å². The Morgan fingerprint density at radius 1 is 1.18 bits per heavy atom. The summed E-state index contributed by atoms with van der Waals surface area (Å²) < 4.78 is 0. The van der Waals surface area contributed by atoms with E-state index in [2.05, 4.69) is 16.4 Å². The van der Waals surface area contributed by atoms with Gasteiger partial charge >= 0.3 is 0 Å². The molecule has 0 spiro atoms. The van der Waals surface area contributed by atoms with Gasteiger partial charge in [0, 0.05) is 17.3 Å². The summed E-state index contributed by atoms with van der Waals surface area (Å²) in [5, 5.41) is 3.10. The number of amides is 1. The van der Waals surface area contributed by atoms with E-state index in [0.29, 0.717) is 0 Å². The van der Waals surface area contributed by atoms with Crippen LogP contribution in [-0.2, 0) is 12.8 Å². The molecule has 2 aromatic heterocycles. The summed E-state index contributed by atoms with van der Waals surface area (Å²) in [7, 11) is 0. The van der Waals surface area contributed by atoms with Crippen LogP contribution >= 0.6 is 11.3 Å². The number of pyridine rings is 1. The lowest BCUT2D eigenvalue weighted by Gasteiger charge is -2.13. The molecule has 0 aromatic carbocycles. The van der Waals surface area contributed by atoms with Crippen LogP contribution in [0.2, 0.25) is 0 Å². The first-order valence-electron chi connectivity index (χ1n) is 8.06. The Hall–Kier alpha value is -1.68.